The van der Waals surface area contributed by atoms with Gasteiger partial charge in [0.05, 0.1) is 12.1 Å². The van der Waals surface area contributed by atoms with Gasteiger partial charge in [-0.15, -0.1) is 0 Å². The van der Waals surface area contributed by atoms with Gasteiger partial charge in [-0.05, 0) is 18.6 Å². The maximum Gasteiger partial charge on any atom is 0.242 e. The van der Waals surface area contributed by atoms with E-state index in [1.165, 1.54) is 6.07 Å². The number of methoxy groups -OCH3 is 1. The van der Waals surface area contributed by atoms with Gasteiger partial charge in [-0.3, -0.25) is 4.79 Å². The lowest BCUT2D eigenvalue weighted by molar-refractivity contribution is -0.131. The number of nitrogens with zero attached hydrogens (tertiary/aromatic N) is 1. The highest BCUT2D eigenvalue weighted by molar-refractivity contribution is 5.86. The molecule has 2 heterocycles. The lowest BCUT2D eigenvalue weighted by Crippen LogP contribution is -2.42. The number of nitrogens with one attached hydrogen (secondary N) is 2. The van der Waals surface area contributed by atoms with Gasteiger partial charge in [0.25, 0.3) is 0 Å². The van der Waals surface area contributed by atoms with Crippen molar-refractivity contribution in [1.29, 1.82) is 0 Å². The monoisotopic (exact) mass is 385 g/mol. The lowest BCUT2D eigenvalue weighted by atomic mass is 9.83. The number of likely N-dealkylation sites (tertiary alicyclic amines) is 1. The van der Waals surface area contributed by atoms with E-state index in [9.17, 15) is 14.3 Å². The quantitative estimate of drug-likeness (QED) is 0.666. The molecule has 3 N–H and O–H groups in total. The van der Waals surface area contributed by atoms with Crippen molar-refractivity contribution in [3.63, 3.8) is 0 Å². The summed E-state index contributed by atoms with van der Waals surface area (Å²) in [4.78, 5) is 14.9. The largest absolute Gasteiger partial charge is 0.508 e. The first-order valence-electron chi connectivity index (χ1n) is 9.46. The zero-order chi connectivity index (χ0) is 19.7. The second-order valence-electron chi connectivity index (χ2n) is 7.22. The number of phenolic OH excluding ortho intramolecular Hbond substituents is 1. The van der Waals surface area contributed by atoms with Crippen molar-refractivity contribution >= 4 is 5.91 Å². The maximum absolute atomic E-state index is 14.7. The van der Waals surface area contributed by atoms with Crippen LogP contribution in [0.3, 0.4) is 0 Å². The number of amides is 1. The summed E-state index contributed by atoms with van der Waals surface area (Å²) < 4.78 is 19.9. The van der Waals surface area contributed by atoms with E-state index in [0.717, 1.165) is 0 Å². The van der Waals surface area contributed by atoms with Gasteiger partial charge in [0.2, 0.25) is 5.91 Å². The molecule has 2 aliphatic heterocycles. The maximum atomic E-state index is 14.7. The third kappa shape index (κ3) is 3.15. The van der Waals surface area contributed by atoms with Crippen molar-refractivity contribution < 1.29 is 19.0 Å². The molecule has 0 aliphatic carbocycles. The number of para-hydroxylation sites is 1. The number of hydrogen-bond donors (Lipinski definition) is 3. The fourth-order valence-corrected chi connectivity index (χ4v) is 4.43. The van der Waals surface area contributed by atoms with Gasteiger partial charge in [-0.2, -0.15) is 0 Å². The van der Waals surface area contributed by atoms with Crippen LogP contribution in [0.1, 0.15) is 29.6 Å². The van der Waals surface area contributed by atoms with Gasteiger partial charge in [-0.1, -0.05) is 36.4 Å². The normalized spacial score (nSPS) is 26.6. The smallest absolute Gasteiger partial charge is 0.242 e. The molecule has 2 aromatic rings. The van der Waals surface area contributed by atoms with Crippen molar-refractivity contribution in [3.05, 3.63) is 65.5 Å². The predicted molar refractivity (Wildman–Crippen MR) is 102 cm³/mol. The van der Waals surface area contributed by atoms with Crippen LogP contribution >= 0.6 is 0 Å². The molecule has 4 atom stereocenters. The van der Waals surface area contributed by atoms with Crippen molar-refractivity contribution in [2.45, 2.75) is 24.5 Å². The van der Waals surface area contributed by atoms with E-state index in [2.05, 4.69) is 10.9 Å². The Labute approximate surface area is 163 Å². The number of carbonyl (C=O) groups excluding carboxylic acids is 1. The van der Waals surface area contributed by atoms with Crippen LogP contribution in [-0.4, -0.2) is 42.2 Å². The average Bonchev–Trinajstić information content (AvgIpc) is 3.23. The minimum absolute atomic E-state index is 0.0697. The SMILES string of the molecule is COCCCN1C(=O)C2NNC(c3ccccc3O)C2C1c1ccccc1F. The number of phenols is 1. The molecule has 4 unspecified atom stereocenters. The molecule has 2 aliphatic rings. The Morgan fingerprint density at radius 1 is 1.07 bits per heavy atom. The van der Waals surface area contributed by atoms with Crippen LogP contribution in [0.5, 0.6) is 5.75 Å². The molecule has 6 nitrogen and oxygen atoms in total. The molecule has 2 saturated heterocycles. The van der Waals surface area contributed by atoms with Crippen molar-refractivity contribution in [2.24, 2.45) is 5.92 Å². The van der Waals surface area contributed by atoms with E-state index in [1.54, 1.807) is 42.3 Å². The first-order valence-corrected chi connectivity index (χ1v) is 9.46. The number of fused-ring (bicyclic) bond motifs is 1. The van der Waals surface area contributed by atoms with Gasteiger partial charge < -0.3 is 14.7 Å². The highest BCUT2D eigenvalue weighted by Gasteiger charge is 2.56. The van der Waals surface area contributed by atoms with Crippen molar-refractivity contribution in [1.82, 2.24) is 15.8 Å². The second kappa shape index (κ2) is 7.87. The third-order valence-corrected chi connectivity index (χ3v) is 5.66. The van der Waals surface area contributed by atoms with Crippen molar-refractivity contribution in [3.8, 4) is 5.75 Å². The zero-order valence-electron chi connectivity index (χ0n) is 15.6. The first-order chi connectivity index (χ1) is 13.6. The number of halogens is 1. The molecule has 0 spiro atoms. The van der Waals surface area contributed by atoms with Crippen LogP contribution in [0.4, 0.5) is 4.39 Å². The summed E-state index contributed by atoms with van der Waals surface area (Å²) in [5, 5.41) is 10.4. The van der Waals surface area contributed by atoms with Crippen LogP contribution < -0.4 is 10.9 Å². The Kier molecular flexibility index (Phi) is 5.30. The summed E-state index contributed by atoms with van der Waals surface area (Å²) in [6.07, 6.45) is 0.668. The van der Waals surface area contributed by atoms with Crippen LogP contribution in [0.25, 0.3) is 0 Å². The van der Waals surface area contributed by atoms with Gasteiger partial charge in [-0.25, -0.2) is 15.2 Å². The molecule has 0 radical (unpaired) electrons. The number of rotatable bonds is 6. The molecule has 0 saturated carbocycles. The number of hydrogen-bond acceptors (Lipinski definition) is 5. The second-order valence-corrected chi connectivity index (χ2v) is 7.22. The number of ether oxygens (including phenoxy) is 1. The lowest BCUT2D eigenvalue weighted by Gasteiger charge is -2.31. The summed E-state index contributed by atoms with van der Waals surface area (Å²) in [7, 11) is 1.62. The highest BCUT2D eigenvalue weighted by atomic mass is 19.1. The summed E-state index contributed by atoms with van der Waals surface area (Å²) in [5.74, 6) is -0.513. The van der Waals surface area contributed by atoms with Gasteiger partial charge in [0.15, 0.2) is 0 Å². The van der Waals surface area contributed by atoms with Crippen LogP contribution in [0.15, 0.2) is 48.5 Å². The minimum atomic E-state index is -0.489. The molecule has 28 heavy (non-hydrogen) atoms. The molecule has 0 bridgehead atoms. The van der Waals surface area contributed by atoms with Gasteiger partial charge in [0, 0.05) is 37.3 Å². The van der Waals surface area contributed by atoms with Crippen LogP contribution in [-0.2, 0) is 9.53 Å². The zero-order valence-corrected chi connectivity index (χ0v) is 15.6. The van der Waals surface area contributed by atoms with Gasteiger partial charge >= 0.3 is 0 Å². The van der Waals surface area contributed by atoms with E-state index in [0.29, 0.717) is 30.7 Å². The van der Waals surface area contributed by atoms with Gasteiger partial charge in [0.1, 0.15) is 17.6 Å². The van der Waals surface area contributed by atoms with Crippen LogP contribution in [0.2, 0.25) is 0 Å². The molecule has 148 valence electrons. The minimum Gasteiger partial charge on any atom is -0.508 e. The molecule has 7 heteroatoms. The molecule has 1 amide bonds. The molecule has 4 rings (SSSR count). The van der Waals surface area contributed by atoms with E-state index in [-0.39, 0.29) is 29.4 Å². The Morgan fingerprint density at radius 3 is 2.46 bits per heavy atom. The van der Waals surface area contributed by atoms with Crippen molar-refractivity contribution in [2.75, 3.05) is 20.3 Å². The standard InChI is InChI=1S/C21H24FN3O3/c1-28-12-6-11-25-20(13-7-2-4-9-15(13)22)17-18(23-24-19(17)21(25)27)14-8-3-5-10-16(14)26/h2-5,7-10,17-20,23-24,26H,6,11-12H2,1H3. The molecular formula is C21H24FN3O3. The first kappa shape index (κ1) is 18.9. The fraction of sp³-hybridized carbons (Fsp3) is 0.381. The Morgan fingerprint density at radius 2 is 1.75 bits per heavy atom. The summed E-state index contributed by atoms with van der Waals surface area (Å²) in [6.45, 7) is 1.01. The topological polar surface area (TPSA) is 73.8 Å². The molecule has 0 aromatic heterocycles. The Balaban J connectivity index is 1.75. The van der Waals surface area contributed by atoms with E-state index in [1.807, 2.05) is 12.1 Å². The summed E-state index contributed by atoms with van der Waals surface area (Å²) >= 11 is 0. The van der Waals surface area contributed by atoms with E-state index >= 15 is 0 Å². The van der Waals surface area contributed by atoms with E-state index < -0.39 is 12.1 Å². The number of hydrazine groups is 1. The number of carbonyl (C=O) groups is 1. The summed E-state index contributed by atoms with van der Waals surface area (Å²) in [6, 6.07) is 12.4. The average molecular weight is 385 g/mol. The number of benzene rings is 2. The molecular weight excluding hydrogens is 361 g/mol. The Hall–Kier alpha value is -2.48. The fourth-order valence-electron chi connectivity index (χ4n) is 4.43. The molecule has 2 fully saturated rings. The number of aromatic hydroxyl groups is 1. The highest BCUT2D eigenvalue weighted by Crippen LogP contribution is 2.48. The molecule has 2 aromatic carbocycles. The predicted octanol–water partition coefficient (Wildman–Crippen LogP) is 2.29. The third-order valence-electron chi connectivity index (χ3n) is 5.66. The van der Waals surface area contributed by atoms with E-state index in [4.69, 9.17) is 4.74 Å². The summed E-state index contributed by atoms with van der Waals surface area (Å²) in [5.41, 5.74) is 7.41. The Bertz CT molecular complexity index is 862. The van der Waals surface area contributed by atoms with Crippen LogP contribution in [0, 0.1) is 11.7 Å².